The van der Waals surface area contributed by atoms with Crippen molar-refractivity contribution in [2.45, 2.75) is 24.7 Å². The van der Waals surface area contributed by atoms with Crippen LogP contribution in [0.15, 0.2) is 30.3 Å². The monoisotopic (exact) mass is 477 g/mol. The molecule has 1 aliphatic heterocycles. The van der Waals surface area contributed by atoms with Crippen LogP contribution in [0.2, 0.25) is 0 Å². The molecule has 2 aromatic carbocycles. The molecule has 0 bridgehead atoms. The maximum atomic E-state index is 14.2. The van der Waals surface area contributed by atoms with Crippen LogP contribution in [0.4, 0.5) is 15.8 Å². The van der Waals surface area contributed by atoms with E-state index in [1.807, 2.05) is 0 Å². The van der Waals surface area contributed by atoms with Crippen molar-refractivity contribution >= 4 is 28.6 Å². The Morgan fingerprint density at radius 1 is 1.21 bits per heavy atom. The number of halogens is 1. The van der Waals surface area contributed by atoms with E-state index in [1.54, 1.807) is 12.1 Å². The largest absolute Gasteiger partial charge is 0.492 e. The van der Waals surface area contributed by atoms with Crippen molar-refractivity contribution in [3.05, 3.63) is 52.8 Å². The minimum absolute atomic E-state index is 0.0295. The van der Waals surface area contributed by atoms with Crippen LogP contribution in [0.25, 0.3) is 0 Å². The molecule has 0 amide bonds. The number of anilines is 2. The van der Waals surface area contributed by atoms with E-state index < -0.39 is 23.1 Å². The highest BCUT2D eigenvalue weighted by atomic mass is 32.2. The van der Waals surface area contributed by atoms with Gasteiger partial charge >= 0.3 is 5.97 Å². The fraction of sp³-hybridized carbons (Fsp3) is 0.435. The zero-order valence-electron chi connectivity index (χ0n) is 17.9. The maximum absolute atomic E-state index is 14.2. The van der Waals surface area contributed by atoms with Gasteiger partial charge in [-0.1, -0.05) is 6.07 Å². The van der Waals surface area contributed by atoms with E-state index in [-0.39, 0.29) is 47.2 Å². The van der Waals surface area contributed by atoms with Gasteiger partial charge in [-0.25, -0.2) is 17.7 Å². The fourth-order valence-electron chi connectivity index (χ4n) is 4.82. The SMILES string of the molecule is COCOCC1CC1c1cc(F)ccc1N(c1ccc2c(c1C(=O)O)OCC1CC21)S(=O)O. The normalized spacial score (nSPS) is 25.4. The van der Waals surface area contributed by atoms with Gasteiger partial charge in [-0.3, -0.25) is 4.55 Å². The summed E-state index contributed by atoms with van der Waals surface area (Å²) in [5.74, 6) is -0.820. The molecule has 0 spiro atoms. The van der Waals surface area contributed by atoms with E-state index in [0.717, 1.165) is 16.3 Å². The third kappa shape index (κ3) is 4.12. The maximum Gasteiger partial charge on any atom is 0.341 e. The van der Waals surface area contributed by atoms with Crippen LogP contribution in [0.1, 0.15) is 46.2 Å². The summed E-state index contributed by atoms with van der Waals surface area (Å²) in [6.07, 6.45) is 1.66. The van der Waals surface area contributed by atoms with Crippen molar-refractivity contribution in [3.63, 3.8) is 0 Å². The van der Waals surface area contributed by atoms with Crippen LogP contribution in [-0.2, 0) is 20.7 Å². The molecule has 2 aliphatic carbocycles. The van der Waals surface area contributed by atoms with E-state index in [1.165, 1.54) is 25.3 Å². The van der Waals surface area contributed by atoms with Gasteiger partial charge in [-0.2, -0.15) is 0 Å². The van der Waals surface area contributed by atoms with Crippen molar-refractivity contribution in [3.8, 4) is 5.75 Å². The summed E-state index contributed by atoms with van der Waals surface area (Å²) in [7, 11) is 1.52. The summed E-state index contributed by atoms with van der Waals surface area (Å²) >= 11 is -2.61. The molecule has 2 N–H and O–H groups in total. The Hall–Kier alpha value is -2.53. The molecular weight excluding hydrogens is 453 g/mol. The van der Waals surface area contributed by atoms with Crippen LogP contribution in [0.3, 0.4) is 0 Å². The number of carbonyl (C=O) groups is 1. The van der Waals surface area contributed by atoms with Crippen LogP contribution < -0.4 is 9.04 Å². The molecule has 2 saturated carbocycles. The standard InChI is InChI=1S/C23H24FNO7S/c1-30-11-31-9-12-6-17(12)18-8-14(24)2-4-19(18)25(33(28)29)20-5-3-15-16-7-13(16)10-32-22(15)21(20)23(26)27/h2-5,8,12-13,16-17H,6-7,9-11H2,1H3,(H,26,27)(H,28,29). The Kier molecular flexibility index (Phi) is 5.86. The Labute approximate surface area is 192 Å². The highest BCUT2D eigenvalue weighted by Crippen LogP contribution is 2.56. The number of methoxy groups -OCH3 is 1. The van der Waals surface area contributed by atoms with Gasteiger partial charge in [0.05, 0.1) is 24.6 Å². The lowest BCUT2D eigenvalue weighted by Crippen LogP contribution is -2.24. The minimum atomic E-state index is -2.61. The molecule has 5 unspecified atom stereocenters. The fourth-order valence-corrected chi connectivity index (χ4v) is 5.47. The van der Waals surface area contributed by atoms with Crippen molar-refractivity contribution in [1.82, 2.24) is 0 Å². The lowest BCUT2D eigenvalue weighted by Gasteiger charge is -2.27. The number of fused-ring (bicyclic) bond motifs is 3. The lowest BCUT2D eigenvalue weighted by atomic mass is 9.99. The highest BCUT2D eigenvalue weighted by Gasteiger charge is 2.46. The van der Waals surface area contributed by atoms with Gasteiger partial charge in [-0.05, 0) is 66.0 Å². The molecule has 0 aromatic heterocycles. The summed E-state index contributed by atoms with van der Waals surface area (Å²) in [6.45, 7) is 0.980. The zero-order valence-corrected chi connectivity index (χ0v) is 18.7. The van der Waals surface area contributed by atoms with Crippen molar-refractivity contribution in [2.24, 2.45) is 11.8 Å². The summed E-state index contributed by atoms with van der Waals surface area (Å²) in [4.78, 5) is 12.3. The second-order valence-electron chi connectivity index (χ2n) is 8.70. The molecule has 8 nitrogen and oxygen atoms in total. The molecule has 10 heteroatoms. The number of rotatable bonds is 9. The summed E-state index contributed by atoms with van der Waals surface area (Å²) in [6, 6.07) is 7.25. The van der Waals surface area contributed by atoms with Gasteiger partial charge in [0.15, 0.2) is 0 Å². The van der Waals surface area contributed by atoms with Crippen molar-refractivity contribution in [2.75, 3.05) is 31.4 Å². The molecule has 1 heterocycles. The number of hydrogen-bond donors (Lipinski definition) is 2. The number of carboxylic acid groups (broad SMARTS) is 1. The summed E-state index contributed by atoms with van der Waals surface area (Å²) < 4.78 is 54.1. The van der Waals surface area contributed by atoms with Crippen LogP contribution in [-0.4, -0.2) is 47.0 Å². The molecule has 3 aliphatic rings. The van der Waals surface area contributed by atoms with Gasteiger partial charge in [0.1, 0.15) is 23.9 Å². The average Bonchev–Trinajstić information content (AvgIpc) is 3.69. The molecule has 0 saturated heterocycles. The zero-order chi connectivity index (χ0) is 23.3. The van der Waals surface area contributed by atoms with Gasteiger partial charge in [-0.15, -0.1) is 0 Å². The number of nitrogens with zero attached hydrogens (tertiary/aromatic N) is 1. The molecule has 2 aromatic rings. The number of aromatic carboxylic acids is 1. The van der Waals surface area contributed by atoms with E-state index in [4.69, 9.17) is 14.2 Å². The third-order valence-electron chi connectivity index (χ3n) is 6.58. The smallest absolute Gasteiger partial charge is 0.341 e. The molecule has 2 fully saturated rings. The van der Waals surface area contributed by atoms with Gasteiger partial charge < -0.3 is 19.3 Å². The topological polar surface area (TPSA) is 106 Å². The van der Waals surface area contributed by atoms with Crippen LogP contribution in [0, 0.1) is 17.7 Å². The molecule has 176 valence electrons. The molecule has 5 rings (SSSR count). The molecular formula is C23H24FNO7S. The summed E-state index contributed by atoms with van der Waals surface area (Å²) in [5, 5.41) is 10.0. The lowest BCUT2D eigenvalue weighted by molar-refractivity contribution is -0.0348. The Morgan fingerprint density at radius 2 is 2.00 bits per heavy atom. The third-order valence-corrected chi connectivity index (χ3v) is 7.29. The van der Waals surface area contributed by atoms with Crippen molar-refractivity contribution in [1.29, 1.82) is 0 Å². The van der Waals surface area contributed by atoms with Crippen LogP contribution >= 0.6 is 0 Å². The number of ether oxygens (including phenoxy) is 3. The predicted molar refractivity (Wildman–Crippen MR) is 118 cm³/mol. The Morgan fingerprint density at radius 3 is 2.73 bits per heavy atom. The average molecular weight is 478 g/mol. The van der Waals surface area contributed by atoms with Gasteiger partial charge in [0.25, 0.3) is 11.3 Å². The number of benzene rings is 2. The van der Waals surface area contributed by atoms with Gasteiger partial charge in [0.2, 0.25) is 0 Å². The first-order valence-corrected chi connectivity index (χ1v) is 11.8. The molecule has 5 atom stereocenters. The van der Waals surface area contributed by atoms with E-state index >= 15 is 0 Å². The highest BCUT2D eigenvalue weighted by molar-refractivity contribution is 7.81. The predicted octanol–water partition coefficient (Wildman–Crippen LogP) is 4.02. The van der Waals surface area contributed by atoms with Crippen molar-refractivity contribution < 1.29 is 37.3 Å². The second kappa shape index (κ2) is 8.68. The first kappa shape index (κ1) is 22.3. The first-order chi connectivity index (χ1) is 15.9. The number of hydrogen-bond acceptors (Lipinski definition) is 5. The van der Waals surface area contributed by atoms with E-state index in [9.17, 15) is 23.1 Å². The second-order valence-corrected chi connectivity index (χ2v) is 9.53. The minimum Gasteiger partial charge on any atom is -0.492 e. The Bertz CT molecular complexity index is 1130. The quantitative estimate of drug-likeness (QED) is 0.319. The molecule has 33 heavy (non-hydrogen) atoms. The van der Waals surface area contributed by atoms with E-state index in [2.05, 4.69) is 0 Å². The number of carboxylic acids is 1. The van der Waals surface area contributed by atoms with E-state index in [0.29, 0.717) is 31.1 Å². The Balaban J connectivity index is 1.56. The molecule has 0 radical (unpaired) electrons. The summed E-state index contributed by atoms with van der Waals surface area (Å²) in [5.41, 5.74) is 1.49. The van der Waals surface area contributed by atoms with Gasteiger partial charge in [0, 0.05) is 13.0 Å². The van der Waals surface area contributed by atoms with Crippen LogP contribution in [0.5, 0.6) is 5.75 Å². The first-order valence-electron chi connectivity index (χ1n) is 10.7.